The third kappa shape index (κ3) is 5.90. The average molecular weight is 418 g/mol. The van der Waals surface area contributed by atoms with Crippen LogP contribution in [0.1, 0.15) is 67.6 Å². The molecule has 1 aromatic rings. The van der Waals surface area contributed by atoms with Crippen LogP contribution in [0.2, 0.25) is 0 Å². The van der Waals surface area contributed by atoms with Crippen LogP contribution in [-0.2, 0) is 14.4 Å². The minimum Gasteiger partial charge on any atom is -0.361 e. The van der Waals surface area contributed by atoms with E-state index in [2.05, 4.69) is 21.1 Å². The summed E-state index contributed by atoms with van der Waals surface area (Å²) < 4.78 is 4.95. The highest BCUT2D eigenvalue weighted by atomic mass is 16.5. The maximum atomic E-state index is 13.0. The van der Waals surface area contributed by atoms with Gasteiger partial charge in [-0.05, 0) is 32.1 Å². The lowest BCUT2D eigenvalue weighted by atomic mass is 9.84. The molecule has 9 nitrogen and oxygen atoms in total. The molecule has 1 aromatic heterocycles. The zero-order chi connectivity index (χ0) is 21.5. The second kappa shape index (κ2) is 10.4. The van der Waals surface area contributed by atoms with Crippen LogP contribution < -0.4 is 16.0 Å². The lowest BCUT2D eigenvalue weighted by Crippen LogP contribution is -2.51. The van der Waals surface area contributed by atoms with E-state index in [0.717, 1.165) is 25.7 Å². The fourth-order valence-electron chi connectivity index (χ4n) is 4.30. The molecule has 1 aliphatic heterocycles. The van der Waals surface area contributed by atoms with Gasteiger partial charge in [0.05, 0.1) is 6.04 Å². The number of carbonyl (C=O) groups excluding carboxylic acids is 4. The number of hydrogen-bond acceptors (Lipinski definition) is 6. The van der Waals surface area contributed by atoms with Gasteiger partial charge in [-0.15, -0.1) is 0 Å². The fourth-order valence-corrected chi connectivity index (χ4v) is 4.30. The van der Waals surface area contributed by atoms with E-state index in [-0.39, 0.29) is 23.9 Å². The summed E-state index contributed by atoms with van der Waals surface area (Å²) in [7, 11) is 0. The third-order valence-corrected chi connectivity index (χ3v) is 5.97. The molecular formula is C21H30N4O5. The van der Waals surface area contributed by atoms with Crippen molar-refractivity contribution in [2.45, 2.75) is 70.4 Å². The molecule has 9 heteroatoms. The lowest BCUT2D eigenvalue weighted by Gasteiger charge is -2.27. The molecule has 2 aliphatic rings. The Kier molecular flexibility index (Phi) is 7.59. The van der Waals surface area contributed by atoms with Gasteiger partial charge >= 0.3 is 0 Å². The van der Waals surface area contributed by atoms with Crippen molar-refractivity contribution in [1.82, 2.24) is 21.1 Å². The first kappa shape index (κ1) is 22.0. The SMILES string of the molecule is Cc1cc(C(=O)N[C@@H](CC2CCCCC2)C(=O)N[C@H](C=O)C[C@@H]2CCNC2=O)no1. The lowest BCUT2D eigenvalue weighted by molar-refractivity contribution is -0.127. The largest absolute Gasteiger partial charge is 0.361 e. The van der Waals surface area contributed by atoms with E-state index < -0.39 is 23.9 Å². The number of hydrogen-bond donors (Lipinski definition) is 3. The number of aryl methyl sites for hydroxylation is 1. The first-order valence-electron chi connectivity index (χ1n) is 10.7. The van der Waals surface area contributed by atoms with Crippen molar-refractivity contribution in [1.29, 1.82) is 0 Å². The van der Waals surface area contributed by atoms with Crippen LogP contribution in [0.3, 0.4) is 0 Å². The van der Waals surface area contributed by atoms with Crippen molar-refractivity contribution >= 4 is 24.0 Å². The average Bonchev–Trinajstić information content (AvgIpc) is 3.35. The molecule has 2 fully saturated rings. The van der Waals surface area contributed by atoms with Crippen molar-refractivity contribution in [3.63, 3.8) is 0 Å². The molecule has 30 heavy (non-hydrogen) atoms. The summed E-state index contributed by atoms with van der Waals surface area (Å²) in [4.78, 5) is 48.9. The molecule has 0 aromatic carbocycles. The topological polar surface area (TPSA) is 130 Å². The fraction of sp³-hybridized carbons (Fsp3) is 0.667. The Hall–Kier alpha value is -2.71. The van der Waals surface area contributed by atoms with Gasteiger partial charge in [0.25, 0.3) is 5.91 Å². The second-order valence-electron chi connectivity index (χ2n) is 8.35. The van der Waals surface area contributed by atoms with Crippen molar-refractivity contribution in [3.8, 4) is 0 Å². The van der Waals surface area contributed by atoms with Gasteiger partial charge in [0.2, 0.25) is 11.8 Å². The zero-order valence-electron chi connectivity index (χ0n) is 17.3. The van der Waals surface area contributed by atoms with Crippen molar-refractivity contribution in [3.05, 3.63) is 17.5 Å². The third-order valence-electron chi connectivity index (χ3n) is 5.97. The molecule has 1 saturated carbocycles. The number of aromatic nitrogens is 1. The summed E-state index contributed by atoms with van der Waals surface area (Å²) in [6.45, 7) is 2.27. The number of carbonyl (C=O) groups is 4. The van der Waals surface area contributed by atoms with E-state index in [1.165, 1.54) is 12.5 Å². The van der Waals surface area contributed by atoms with Crippen LogP contribution in [0.4, 0.5) is 0 Å². The Morgan fingerprint density at radius 3 is 2.60 bits per heavy atom. The van der Waals surface area contributed by atoms with E-state index in [1.54, 1.807) is 6.92 Å². The summed E-state index contributed by atoms with van der Waals surface area (Å²) >= 11 is 0. The Labute approximate surface area is 175 Å². The van der Waals surface area contributed by atoms with Crippen molar-refractivity contribution < 1.29 is 23.7 Å². The molecule has 0 unspecified atom stereocenters. The number of aldehydes is 1. The van der Waals surface area contributed by atoms with E-state index in [4.69, 9.17) is 4.52 Å². The minimum atomic E-state index is -0.780. The molecule has 3 amide bonds. The quantitative estimate of drug-likeness (QED) is 0.518. The highest BCUT2D eigenvalue weighted by Crippen LogP contribution is 2.27. The molecule has 164 valence electrons. The van der Waals surface area contributed by atoms with E-state index in [0.29, 0.717) is 37.4 Å². The molecule has 1 aliphatic carbocycles. The molecule has 3 N–H and O–H groups in total. The molecule has 3 rings (SSSR count). The predicted octanol–water partition coefficient (Wildman–Crippen LogP) is 1.26. The first-order chi connectivity index (χ1) is 14.5. The number of rotatable bonds is 9. The number of amides is 3. The van der Waals surface area contributed by atoms with Crippen LogP contribution >= 0.6 is 0 Å². The second-order valence-corrected chi connectivity index (χ2v) is 8.35. The van der Waals surface area contributed by atoms with Gasteiger partial charge in [0.1, 0.15) is 18.1 Å². The van der Waals surface area contributed by atoms with Gasteiger partial charge in [0, 0.05) is 18.5 Å². The Morgan fingerprint density at radius 1 is 1.23 bits per heavy atom. The summed E-state index contributed by atoms with van der Waals surface area (Å²) in [5, 5.41) is 11.9. The van der Waals surface area contributed by atoms with Gasteiger partial charge in [-0.1, -0.05) is 37.3 Å². The zero-order valence-corrected chi connectivity index (χ0v) is 17.3. The van der Waals surface area contributed by atoms with Gasteiger partial charge in [0.15, 0.2) is 5.69 Å². The van der Waals surface area contributed by atoms with Crippen LogP contribution in [0, 0.1) is 18.8 Å². The van der Waals surface area contributed by atoms with Gasteiger partial charge in [-0.3, -0.25) is 14.4 Å². The monoisotopic (exact) mass is 418 g/mol. The van der Waals surface area contributed by atoms with E-state index in [9.17, 15) is 19.2 Å². The smallest absolute Gasteiger partial charge is 0.274 e. The molecule has 2 heterocycles. The summed E-state index contributed by atoms with van der Waals surface area (Å²) in [5.41, 5.74) is 0.114. The van der Waals surface area contributed by atoms with Crippen LogP contribution in [0.5, 0.6) is 0 Å². The van der Waals surface area contributed by atoms with E-state index in [1.807, 2.05) is 0 Å². The molecule has 1 saturated heterocycles. The van der Waals surface area contributed by atoms with Crippen LogP contribution in [0.25, 0.3) is 0 Å². The normalized spacial score (nSPS) is 21.5. The Morgan fingerprint density at radius 2 is 2.00 bits per heavy atom. The predicted molar refractivity (Wildman–Crippen MR) is 107 cm³/mol. The Bertz CT molecular complexity index is 771. The van der Waals surface area contributed by atoms with Crippen molar-refractivity contribution in [2.24, 2.45) is 11.8 Å². The highest BCUT2D eigenvalue weighted by molar-refractivity contribution is 5.96. The molecular weight excluding hydrogens is 388 g/mol. The van der Waals surface area contributed by atoms with Crippen LogP contribution in [-0.4, -0.2) is 47.8 Å². The molecule has 0 radical (unpaired) electrons. The summed E-state index contributed by atoms with van der Waals surface area (Å²) in [6, 6.07) is -0.0402. The Balaban J connectivity index is 1.65. The maximum absolute atomic E-state index is 13.0. The summed E-state index contributed by atoms with van der Waals surface area (Å²) in [5.74, 6) is -0.437. The standard InChI is InChI=1S/C21H30N4O5/c1-13-9-18(25-30-13)21(29)24-17(10-14-5-3-2-4-6-14)20(28)23-16(12-26)11-15-7-8-22-19(15)27/h9,12,14-17H,2-8,10-11H2,1H3,(H,22,27)(H,23,28)(H,24,29)/t15-,16-,17-/m0/s1. The summed E-state index contributed by atoms with van der Waals surface area (Å²) in [6.07, 6.45) is 7.51. The maximum Gasteiger partial charge on any atom is 0.274 e. The van der Waals surface area contributed by atoms with Gasteiger partial charge in [-0.25, -0.2) is 0 Å². The molecule has 0 spiro atoms. The highest BCUT2D eigenvalue weighted by Gasteiger charge is 2.31. The molecule has 3 atom stereocenters. The van der Waals surface area contributed by atoms with Gasteiger partial charge < -0.3 is 25.3 Å². The van der Waals surface area contributed by atoms with Crippen molar-refractivity contribution in [2.75, 3.05) is 6.54 Å². The first-order valence-corrected chi connectivity index (χ1v) is 10.7. The molecule has 0 bridgehead atoms. The number of nitrogens with zero attached hydrogens (tertiary/aromatic N) is 1. The minimum absolute atomic E-state index is 0.0930. The van der Waals surface area contributed by atoms with Crippen LogP contribution in [0.15, 0.2) is 10.6 Å². The van der Waals surface area contributed by atoms with Gasteiger partial charge in [-0.2, -0.15) is 0 Å². The van der Waals surface area contributed by atoms with E-state index >= 15 is 0 Å². The number of nitrogens with one attached hydrogen (secondary N) is 3.